The minimum Gasteiger partial charge on any atom is -0.330 e. The Balaban J connectivity index is 2.13. The lowest BCUT2D eigenvalue weighted by Gasteiger charge is -2.14. The average Bonchev–Trinajstić information content (AvgIpc) is 2.38. The Morgan fingerprint density at radius 1 is 1.00 bits per heavy atom. The van der Waals surface area contributed by atoms with Gasteiger partial charge in [0.1, 0.15) is 0 Å². The van der Waals surface area contributed by atoms with E-state index in [1.165, 1.54) is 11.1 Å². The summed E-state index contributed by atoms with van der Waals surface area (Å²) < 4.78 is 0. The number of rotatable bonds is 4. The largest absolute Gasteiger partial charge is 0.330 e. The topological polar surface area (TPSA) is 38.9 Å². The first-order chi connectivity index (χ1) is 7.90. The molecule has 0 aliphatic carbocycles. The van der Waals surface area contributed by atoms with Gasteiger partial charge in [0.05, 0.1) is 0 Å². The minimum absolute atomic E-state index is 0.380. The van der Waals surface area contributed by atoms with Crippen LogP contribution >= 0.6 is 0 Å². The highest BCUT2D eigenvalue weighted by atomic mass is 14.6. The Morgan fingerprint density at radius 3 is 2.31 bits per heavy atom. The fourth-order valence-electron chi connectivity index (χ4n) is 1.87. The number of aromatic nitrogens is 1. The van der Waals surface area contributed by atoms with Gasteiger partial charge in [0.25, 0.3) is 0 Å². The van der Waals surface area contributed by atoms with Crippen LogP contribution in [0.2, 0.25) is 0 Å². The van der Waals surface area contributed by atoms with Crippen LogP contribution in [0, 0.1) is 0 Å². The second kappa shape index (κ2) is 5.42. The Kier molecular flexibility index (Phi) is 3.67. The summed E-state index contributed by atoms with van der Waals surface area (Å²) in [5.74, 6) is 0.380. The van der Waals surface area contributed by atoms with Gasteiger partial charge < -0.3 is 5.73 Å². The smallest absolute Gasteiger partial charge is 0.0270 e. The molecule has 0 saturated carbocycles. The van der Waals surface area contributed by atoms with E-state index in [0.717, 1.165) is 6.42 Å². The second-order valence-electron chi connectivity index (χ2n) is 3.90. The summed E-state index contributed by atoms with van der Waals surface area (Å²) in [6, 6.07) is 14.5. The van der Waals surface area contributed by atoms with E-state index in [-0.39, 0.29) is 0 Å². The second-order valence-corrected chi connectivity index (χ2v) is 3.90. The Labute approximate surface area is 96.1 Å². The number of hydrogen-bond acceptors (Lipinski definition) is 2. The zero-order valence-electron chi connectivity index (χ0n) is 9.21. The molecule has 0 spiro atoms. The van der Waals surface area contributed by atoms with Crippen LogP contribution in [0.4, 0.5) is 0 Å². The summed E-state index contributed by atoms with van der Waals surface area (Å²) in [6.07, 6.45) is 4.63. The third kappa shape index (κ3) is 2.67. The summed E-state index contributed by atoms with van der Waals surface area (Å²) in [5.41, 5.74) is 8.43. The van der Waals surface area contributed by atoms with Gasteiger partial charge in [-0.05, 0) is 36.2 Å². The first-order valence-electron chi connectivity index (χ1n) is 5.54. The van der Waals surface area contributed by atoms with E-state index >= 15 is 0 Å². The van der Waals surface area contributed by atoms with Crippen molar-refractivity contribution in [3.8, 4) is 0 Å². The first kappa shape index (κ1) is 10.8. The summed E-state index contributed by atoms with van der Waals surface area (Å²) in [7, 11) is 0. The molecule has 0 fully saturated rings. The van der Waals surface area contributed by atoms with Crippen LogP contribution in [0.3, 0.4) is 0 Å². The van der Waals surface area contributed by atoms with Gasteiger partial charge in [0.15, 0.2) is 0 Å². The van der Waals surface area contributed by atoms with Crippen LogP contribution < -0.4 is 5.73 Å². The molecule has 2 aromatic rings. The zero-order chi connectivity index (χ0) is 11.2. The highest BCUT2D eigenvalue weighted by molar-refractivity contribution is 5.22. The van der Waals surface area contributed by atoms with Crippen LogP contribution in [0.15, 0.2) is 54.9 Å². The molecule has 0 saturated heterocycles. The summed E-state index contributed by atoms with van der Waals surface area (Å²) >= 11 is 0. The number of hydrogen-bond donors (Lipinski definition) is 1. The molecule has 82 valence electrons. The van der Waals surface area contributed by atoms with Crippen molar-refractivity contribution in [2.45, 2.75) is 12.3 Å². The van der Waals surface area contributed by atoms with Gasteiger partial charge in [-0.1, -0.05) is 30.3 Å². The van der Waals surface area contributed by atoms with Gasteiger partial charge in [0.2, 0.25) is 0 Å². The molecule has 1 atom stereocenters. The molecule has 0 amide bonds. The lowest BCUT2D eigenvalue weighted by Crippen LogP contribution is -2.15. The van der Waals surface area contributed by atoms with Gasteiger partial charge in [-0.25, -0.2) is 0 Å². The monoisotopic (exact) mass is 212 g/mol. The standard InChI is InChI=1S/C14H16N2/c15-11-14(13-6-8-16-9-7-13)10-12-4-2-1-3-5-12/h1-9,14H,10-11,15H2. The zero-order valence-corrected chi connectivity index (χ0v) is 9.21. The highest BCUT2D eigenvalue weighted by Gasteiger charge is 2.09. The molecule has 0 aliphatic heterocycles. The average molecular weight is 212 g/mol. The number of nitrogens with zero attached hydrogens (tertiary/aromatic N) is 1. The minimum atomic E-state index is 0.380. The predicted octanol–water partition coefficient (Wildman–Crippen LogP) is 2.37. The van der Waals surface area contributed by atoms with Crippen LogP contribution in [0.25, 0.3) is 0 Å². The van der Waals surface area contributed by atoms with Crippen LogP contribution in [-0.4, -0.2) is 11.5 Å². The van der Waals surface area contributed by atoms with E-state index in [9.17, 15) is 0 Å². The van der Waals surface area contributed by atoms with Crippen molar-refractivity contribution in [2.24, 2.45) is 5.73 Å². The lowest BCUT2D eigenvalue weighted by molar-refractivity contribution is 0.693. The summed E-state index contributed by atoms with van der Waals surface area (Å²) in [6.45, 7) is 0.666. The molecule has 0 radical (unpaired) electrons. The highest BCUT2D eigenvalue weighted by Crippen LogP contribution is 2.18. The van der Waals surface area contributed by atoms with Gasteiger partial charge in [-0.2, -0.15) is 0 Å². The number of pyridine rings is 1. The van der Waals surface area contributed by atoms with Crippen molar-refractivity contribution in [1.82, 2.24) is 4.98 Å². The molecule has 1 aromatic carbocycles. The van der Waals surface area contributed by atoms with Crippen LogP contribution in [0.5, 0.6) is 0 Å². The third-order valence-corrected chi connectivity index (χ3v) is 2.79. The third-order valence-electron chi connectivity index (χ3n) is 2.79. The molecular formula is C14H16N2. The van der Waals surface area contributed by atoms with Crippen molar-refractivity contribution < 1.29 is 0 Å². The van der Waals surface area contributed by atoms with Gasteiger partial charge >= 0.3 is 0 Å². The maximum atomic E-state index is 5.83. The summed E-state index contributed by atoms with van der Waals surface area (Å²) in [5, 5.41) is 0. The van der Waals surface area contributed by atoms with Crippen molar-refractivity contribution in [1.29, 1.82) is 0 Å². The lowest BCUT2D eigenvalue weighted by atomic mass is 9.93. The number of nitrogens with two attached hydrogens (primary N) is 1. The first-order valence-corrected chi connectivity index (χ1v) is 5.54. The molecule has 0 bridgehead atoms. The Morgan fingerprint density at radius 2 is 1.69 bits per heavy atom. The molecule has 16 heavy (non-hydrogen) atoms. The predicted molar refractivity (Wildman–Crippen MR) is 66.2 cm³/mol. The quantitative estimate of drug-likeness (QED) is 0.845. The normalized spacial score (nSPS) is 12.3. The molecule has 2 rings (SSSR count). The van der Waals surface area contributed by atoms with E-state index in [0.29, 0.717) is 12.5 Å². The molecule has 2 N–H and O–H groups in total. The van der Waals surface area contributed by atoms with E-state index in [4.69, 9.17) is 5.73 Å². The van der Waals surface area contributed by atoms with E-state index in [1.54, 1.807) is 0 Å². The fourth-order valence-corrected chi connectivity index (χ4v) is 1.87. The molecule has 1 unspecified atom stereocenters. The Hall–Kier alpha value is -1.67. The molecule has 2 nitrogen and oxygen atoms in total. The maximum Gasteiger partial charge on any atom is 0.0270 e. The van der Waals surface area contributed by atoms with Crippen molar-refractivity contribution in [3.05, 3.63) is 66.0 Å². The van der Waals surface area contributed by atoms with Gasteiger partial charge in [-0.3, -0.25) is 4.98 Å². The number of benzene rings is 1. The molecule has 1 aromatic heterocycles. The van der Waals surface area contributed by atoms with Crippen LogP contribution in [-0.2, 0) is 6.42 Å². The van der Waals surface area contributed by atoms with Gasteiger partial charge in [0, 0.05) is 18.3 Å². The van der Waals surface area contributed by atoms with Gasteiger partial charge in [-0.15, -0.1) is 0 Å². The molecule has 0 aliphatic rings. The molecule has 2 heteroatoms. The van der Waals surface area contributed by atoms with Crippen LogP contribution in [0.1, 0.15) is 17.0 Å². The van der Waals surface area contributed by atoms with Crippen molar-refractivity contribution in [2.75, 3.05) is 6.54 Å². The molecule has 1 heterocycles. The van der Waals surface area contributed by atoms with E-state index in [2.05, 4.69) is 29.2 Å². The fraction of sp³-hybridized carbons (Fsp3) is 0.214. The van der Waals surface area contributed by atoms with Crippen molar-refractivity contribution in [3.63, 3.8) is 0 Å². The Bertz CT molecular complexity index is 411. The maximum absolute atomic E-state index is 5.83. The van der Waals surface area contributed by atoms with Crippen molar-refractivity contribution >= 4 is 0 Å². The van der Waals surface area contributed by atoms with E-state index in [1.807, 2.05) is 30.6 Å². The molecular weight excluding hydrogens is 196 g/mol. The van der Waals surface area contributed by atoms with E-state index < -0.39 is 0 Å². The SMILES string of the molecule is NCC(Cc1ccccc1)c1ccncc1. The summed E-state index contributed by atoms with van der Waals surface area (Å²) in [4.78, 5) is 4.03.